The van der Waals surface area contributed by atoms with Gasteiger partial charge in [0.1, 0.15) is 5.82 Å². The van der Waals surface area contributed by atoms with Crippen molar-refractivity contribution in [2.24, 2.45) is 5.41 Å². The third kappa shape index (κ3) is 1.36. The molecule has 3 fully saturated rings. The average Bonchev–Trinajstić information content (AvgIpc) is 2.15. The molecule has 0 heterocycles. The first kappa shape index (κ1) is 11.1. The van der Waals surface area contributed by atoms with Gasteiger partial charge in [-0.2, -0.15) is 0 Å². The van der Waals surface area contributed by atoms with Crippen molar-refractivity contribution in [3.8, 4) is 0 Å². The lowest BCUT2D eigenvalue weighted by Gasteiger charge is -2.71. The summed E-state index contributed by atoms with van der Waals surface area (Å²) >= 11 is 0. The molecule has 0 aliphatic heterocycles. The van der Waals surface area contributed by atoms with Gasteiger partial charge in [-0.05, 0) is 37.8 Å². The largest absolute Gasteiger partial charge is 0.319 e. The molecule has 0 unspecified atom stereocenters. The molecular formula is C13H14F3N. The van der Waals surface area contributed by atoms with E-state index in [4.69, 9.17) is 0 Å². The molecule has 1 nitrogen and oxygen atoms in total. The maximum Gasteiger partial charge on any atom is 0.162 e. The molecule has 1 aromatic rings. The highest BCUT2D eigenvalue weighted by Crippen LogP contribution is 2.73. The number of hydrogen-bond acceptors (Lipinski definition) is 1. The van der Waals surface area contributed by atoms with E-state index in [1.165, 1.54) is 0 Å². The van der Waals surface area contributed by atoms with Gasteiger partial charge in [-0.3, -0.25) is 0 Å². The smallest absolute Gasteiger partial charge is 0.162 e. The Hall–Kier alpha value is -1.03. The molecule has 0 spiro atoms. The van der Waals surface area contributed by atoms with Crippen LogP contribution in [0.2, 0.25) is 0 Å². The molecule has 17 heavy (non-hydrogen) atoms. The monoisotopic (exact) mass is 241 g/mol. The van der Waals surface area contributed by atoms with Crippen molar-refractivity contribution in [1.29, 1.82) is 0 Å². The maximum atomic E-state index is 13.7. The van der Waals surface area contributed by atoms with E-state index in [1.807, 2.05) is 7.05 Å². The van der Waals surface area contributed by atoms with E-state index in [1.54, 1.807) is 0 Å². The van der Waals surface area contributed by atoms with E-state index in [-0.39, 0.29) is 16.4 Å². The van der Waals surface area contributed by atoms with Crippen LogP contribution in [0.1, 0.15) is 24.8 Å². The Morgan fingerprint density at radius 3 is 2.41 bits per heavy atom. The lowest BCUT2D eigenvalue weighted by Crippen LogP contribution is -2.67. The van der Waals surface area contributed by atoms with Crippen LogP contribution in [0.3, 0.4) is 0 Å². The summed E-state index contributed by atoms with van der Waals surface area (Å²) in [4.78, 5) is 0. The van der Waals surface area contributed by atoms with Gasteiger partial charge in [0.2, 0.25) is 0 Å². The van der Waals surface area contributed by atoms with E-state index in [2.05, 4.69) is 5.32 Å². The van der Waals surface area contributed by atoms with E-state index in [0.717, 1.165) is 31.9 Å². The highest BCUT2D eigenvalue weighted by Gasteiger charge is 2.68. The van der Waals surface area contributed by atoms with Gasteiger partial charge < -0.3 is 5.32 Å². The second kappa shape index (κ2) is 3.25. The van der Waals surface area contributed by atoms with Crippen molar-refractivity contribution in [1.82, 2.24) is 5.32 Å². The van der Waals surface area contributed by atoms with E-state index in [9.17, 15) is 13.2 Å². The van der Waals surface area contributed by atoms with Gasteiger partial charge in [0.15, 0.2) is 11.6 Å². The quantitative estimate of drug-likeness (QED) is 0.802. The lowest BCUT2D eigenvalue weighted by molar-refractivity contribution is -0.138. The topological polar surface area (TPSA) is 12.0 Å². The lowest BCUT2D eigenvalue weighted by atomic mass is 9.33. The summed E-state index contributed by atoms with van der Waals surface area (Å²) in [5, 5.41) is 3.11. The molecule has 0 atom stereocenters. The van der Waals surface area contributed by atoms with E-state index >= 15 is 0 Å². The fourth-order valence-corrected chi connectivity index (χ4v) is 3.79. The summed E-state index contributed by atoms with van der Waals surface area (Å²) in [5.41, 5.74) is 0.168. The third-order valence-corrected chi connectivity index (χ3v) is 4.26. The second-order valence-corrected chi connectivity index (χ2v) is 5.59. The Morgan fingerprint density at radius 2 is 1.82 bits per heavy atom. The summed E-state index contributed by atoms with van der Waals surface area (Å²) in [6.45, 7) is 0.897. The molecule has 0 radical (unpaired) electrons. The number of nitrogens with one attached hydrogen (secondary N) is 1. The van der Waals surface area contributed by atoms with Gasteiger partial charge in [-0.1, -0.05) is 0 Å². The van der Waals surface area contributed by atoms with Crippen molar-refractivity contribution >= 4 is 0 Å². The van der Waals surface area contributed by atoms with Crippen molar-refractivity contribution in [3.05, 3.63) is 35.1 Å². The molecule has 0 saturated heterocycles. The van der Waals surface area contributed by atoms with Crippen LogP contribution in [0, 0.1) is 22.9 Å². The summed E-state index contributed by atoms with van der Waals surface area (Å²) in [6.07, 6.45) is 2.50. The first-order valence-corrected chi connectivity index (χ1v) is 5.80. The zero-order valence-electron chi connectivity index (χ0n) is 9.62. The Labute approximate surface area is 98.0 Å². The molecule has 0 amide bonds. The van der Waals surface area contributed by atoms with E-state index < -0.39 is 17.5 Å². The van der Waals surface area contributed by atoms with Gasteiger partial charge in [0.05, 0.1) is 0 Å². The summed E-state index contributed by atoms with van der Waals surface area (Å²) in [6, 6.07) is 1.76. The summed E-state index contributed by atoms with van der Waals surface area (Å²) in [5.74, 6) is -2.64. The number of benzene rings is 1. The summed E-state index contributed by atoms with van der Waals surface area (Å²) < 4.78 is 40.0. The number of hydrogen-bond donors (Lipinski definition) is 1. The van der Waals surface area contributed by atoms with Crippen LogP contribution in [0.15, 0.2) is 12.1 Å². The predicted molar refractivity (Wildman–Crippen MR) is 58.2 cm³/mol. The molecule has 4 heteroatoms. The van der Waals surface area contributed by atoms with Crippen LogP contribution in [0.4, 0.5) is 13.2 Å². The van der Waals surface area contributed by atoms with Gasteiger partial charge >= 0.3 is 0 Å². The van der Waals surface area contributed by atoms with Crippen LogP contribution >= 0.6 is 0 Å². The van der Waals surface area contributed by atoms with Crippen LogP contribution in [-0.4, -0.2) is 13.6 Å². The van der Waals surface area contributed by atoms with Crippen LogP contribution in [0.25, 0.3) is 0 Å². The van der Waals surface area contributed by atoms with Crippen molar-refractivity contribution in [2.45, 2.75) is 24.7 Å². The van der Waals surface area contributed by atoms with E-state index in [0.29, 0.717) is 6.07 Å². The molecule has 3 aliphatic rings. The summed E-state index contributed by atoms with van der Waals surface area (Å²) in [7, 11) is 1.88. The minimum atomic E-state index is -1.08. The minimum Gasteiger partial charge on any atom is -0.319 e. The maximum absolute atomic E-state index is 13.7. The highest BCUT2D eigenvalue weighted by molar-refractivity contribution is 5.40. The molecule has 3 saturated carbocycles. The first-order valence-electron chi connectivity index (χ1n) is 5.80. The Morgan fingerprint density at radius 1 is 1.18 bits per heavy atom. The zero-order chi connectivity index (χ0) is 12.3. The van der Waals surface area contributed by atoms with Crippen LogP contribution < -0.4 is 5.32 Å². The molecular weight excluding hydrogens is 227 g/mol. The first-order chi connectivity index (χ1) is 8.00. The zero-order valence-corrected chi connectivity index (χ0v) is 9.62. The van der Waals surface area contributed by atoms with Crippen molar-refractivity contribution < 1.29 is 13.2 Å². The van der Waals surface area contributed by atoms with Crippen LogP contribution in [-0.2, 0) is 5.41 Å². The molecule has 3 aliphatic carbocycles. The average molecular weight is 241 g/mol. The SMILES string of the molecule is CNCC12CC(c3cc(F)cc(F)c3F)(C1)C2. The fourth-order valence-electron chi connectivity index (χ4n) is 3.79. The van der Waals surface area contributed by atoms with Crippen molar-refractivity contribution in [2.75, 3.05) is 13.6 Å². The Balaban J connectivity index is 1.89. The Bertz CT molecular complexity index is 464. The third-order valence-electron chi connectivity index (χ3n) is 4.26. The molecule has 1 N–H and O–H groups in total. The Kier molecular flexibility index (Phi) is 2.12. The standard InChI is InChI=1S/C13H14F3N/c1-17-7-12-4-13(5-12,6-12)9-2-8(14)3-10(15)11(9)16/h2-3,17H,4-7H2,1H3. The normalized spacial score (nSPS) is 34.1. The number of halogens is 3. The minimum absolute atomic E-state index is 0.230. The number of rotatable bonds is 3. The van der Waals surface area contributed by atoms with Gasteiger partial charge in [-0.25, -0.2) is 13.2 Å². The van der Waals surface area contributed by atoms with Crippen molar-refractivity contribution in [3.63, 3.8) is 0 Å². The van der Waals surface area contributed by atoms with Gasteiger partial charge in [0.25, 0.3) is 0 Å². The highest BCUT2D eigenvalue weighted by atomic mass is 19.2. The second-order valence-electron chi connectivity index (χ2n) is 5.59. The van der Waals surface area contributed by atoms with Gasteiger partial charge in [0, 0.05) is 23.6 Å². The molecule has 1 aromatic carbocycles. The molecule has 4 rings (SSSR count). The van der Waals surface area contributed by atoms with Gasteiger partial charge in [-0.15, -0.1) is 0 Å². The van der Waals surface area contributed by atoms with Crippen LogP contribution in [0.5, 0.6) is 0 Å². The predicted octanol–water partition coefficient (Wildman–Crippen LogP) is 2.75. The molecule has 2 bridgehead atoms. The molecule has 0 aromatic heterocycles. The fraction of sp³-hybridized carbons (Fsp3) is 0.538. The molecule has 92 valence electrons.